The molecular weight excluding hydrogens is 176 g/mol. The lowest BCUT2D eigenvalue weighted by Crippen LogP contribution is -2.26. The lowest BCUT2D eigenvalue weighted by molar-refractivity contribution is -0.120. The molecular formula is C8H13ClN2O. The lowest BCUT2D eigenvalue weighted by atomic mass is 9.96. The molecule has 1 aliphatic rings. The van der Waals surface area contributed by atoms with Gasteiger partial charge in [-0.25, -0.2) is 4.99 Å². The molecule has 0 saturated heterocycles. The number of hydrogen-bond donors (Lipinski definition) is 1. The summed E-state index contributed by atoms with van der Waals surface area (Å²) in [6.07, 6.45) is 1.90. The highest BCUT2D eigenvalue weighted by molar-refractivity contribution is 6.05. The van der Waals surface area contributed by atoms with Crippen LogP contribution in [0.3, 0.4) is 0 Å². The van der Waals surface area contributed by atoms with Crippen LogP contribution in [0.4, 0.5) is 0 Å². The van der Waals surface area contributed by atoms with Gasteiger partial charge in [0.2, 0.25) is 0 Å². The summed E-state index contributed by atoms with van der Waals surface area (Å²) in [5, 5.41) is 0. The fourth-order valence-electron chi connectivity index (χ4n) is 1.20. The van der Waals surface area contributed by atoms with Crippen LogP contribution in [0.15, 0.2) is 16.6 Å². The van der Waals surface area contributed by atoms with Crippen molar-refractivity contribution in [2.75, 3.05) is 6.54 Å². The van der Waals surface area contributed by atoms with E-state index in [2.05, 4.69) is 4.99 Å². The minimum Gasteiger partial charge on any atom is -0.329 e. The summed E-state index contributed by atoms with van der Waals surface area (Å²) in [6, 6.07) is 0. The Morgan fingerprint density at radius 3 is 2.58 bits per heavy atom. The Hall–Kier alpha value is -0.670. The third-order valence-corrected chi connectivity index (χ3v) is 1.81. The predicted octanol–water partition coefficient (Wildman–Crippen LogP) is 0.930. The van der Waals surface area contributed by atoms with E-state index in [0.29, 0.717) is 6.54 Å². The summed E-state index contributed by atoms with van der Waals surface area (Å²) in [4.78, 5) is 14.9. The molecule has 1 atom stereocenters. The van der Waals surface area contributed by atoms with Crippen LogP contribution in [0.2, 0.25) is 0 Å². The summed E-state index contributed by atoms with van der Waals surface area (Å²) < 4.78 is 0. The normalized spacial score (nSPS) is 22.6. The maximum atomic E-state index is 11.1. The molecule has 0 aromatic carbocycles. The van der Waals surface area contributed by atoms with Crippen molar-refractivity contribution in [3.63, 3.8) is 0 Å². The van der Waals surface area contributed by atoms with Crippen molar-refractivity contribution in [1.82, 2.24) is 0 Å². The fraction of sp³-hybridized carbons (Fsp3) is 0.500. The van der Waals surface area contributed by atoms with E-state index in [1.165, 1.54) is 0 Å². The van der Waals surface area contributed by atoms with Gasteiger partial charge in [0.1, 0.15) is 0 Å². The molecule has 0 aliphatic carbocycles. The van der Waals surface area contributed by atoms with Crippen LogP contribution >= 0.6 is 12.4 Å². The number of dihydropyridines is 1. The second kappa shape index (κ2) is 4.38. The fourth-order valence-corrected chi connectivity index (χ4v) is 1.20. The number of carbonyl (C=O) groups is 1. The highest BCUT2D eigenvalue weighted by Gasteiger charge is 2.21. The van der Waals surface area contributed by atoms with E-state index in [1.54, 1.807) is 0 Å². The van der Waals surface area contributed by atoms with Gasteiger partial charge in [0, 0.05) is 12.3 Å². The van der Waals surface area contributed by atoms with Crippen LogP contribution in [-0.4, -0.2) is 18.2 Å². The molecule has 12 heavy (non-hydrogen) atoms. The highest BCUT2D eigenvalue weighted by Crippen LogP contribution is 2.15. The summed E-state index contributed by atoms with van der Waals surface area (Å²) in [7, 11) is 0. The van der Waals surface area contributed by atoms with Crippen molar-refractivity contribution in [2.24, 2.45) is 16.6 Å². The molecule has 0 aromatic rings. The van der Waals surface area contributed by atoms with E-state index in [4.69, 9.17) is 5.73 Å². The molecule has 1 aliphatic heterocycles. The number of carbonyl (C=O) groups excluding carboxylic acids is 1. The maximum Gasteiger partial charge on any atom is 0.254 e. The first-order chi connectivity index (χ1) is 5.15. The van der Waals surface area contributed by atoms with Crippen LogP contribution in [0, 0.1) is 5.92 Å². The lowest BCUT2D eigenvalue weighted by Gasteiger charge is -2.15. The van der Waals surface area contributed by atoms with E-state index < -0.39 is 0 Å². The number of hydrogen-bond acceptors (Lipinski definition) is 2. The van der Waals surface area contributed by atoms with Crippen LogP contribution < -0.4 is 5.73 Å². The summed E-state index contributed by atoms with van der Waals surface area (Å²) >= 11 is 0. The quantitative estimate of drug-likeness (QED) is 0.666. The third-order valence-electron chi connectivity index (χ3n) is 1.81. The Balaban J connectivity index is 0.00000121. The minimum atomic E-state index is -0.182. The zero-order valence-corrected chi connectivity index (χ0v) is 8.02. The van der Waals surface area contributed by atoms with Gasteiger partial charge in [-0.1, -0.05) is 5.57 Å². The molecule has 0 aromatic heterocycles. The highest BCUT2D eigenvalue weighted by atomic mass is 35.5. The molecule has 0 saturated carbocycles. The summed E-state index contributed by atoms with van der Waals surface area (Å²) in [6.45, 7) is 4.08. The maximum absolute atomic E-state index is 11.1. The minimum absolute atomic E-state index is 0. The van der Waals surface area contributed by atoms with Gasteiger partial charge in [0.05, 0.1) is 5.92 Å². The van der Waals surface area contributed by atoms with Crippen molar-refractivity contribution >= 4 is 24.0 Å². The van der Waals surface area contributed by atoms with Gasteiger partial charge >= 0.3 is 0 Å². The van der Waals surface area contributed by atoms with E-state index in [-0.39, 0.29) is 24.2 Å². The van der Waals surface area contributed by atoms with Crippen molar-refractivity contribution in [1.29, 1.82) is 0 Å². The molecule has 2 N–H and O–H groups in total. The van der Waals surface area contributed by atoms with Gasteiger partial charge in [-0.05, 0) is 19.9 Å². The van der Waals surface area contributed by atoms with Gasteiger partial charge in [-0.3, -0.25) is 4.79 Å². The number of amides is 1. The average molecular weight is 189 g/mol. The first kappa shape index (κ1) is 11.3. The molecule has 0 fully saturated rings. The van der Waals surface area contributed by atoms with Crippen molar-refractivity contribution < 1.29 is 4.79 Å². The topological polar surface area (TPSA) is 55.5 Å². The van der Waals surface area contributed by atoms with Gasteiger partial charge in [0.15, 0.2) is 0 Å². The molecule has 0 bridgehead atoms. The number of allylic oxidation sites excluding steroid dienone is 1. The van der Waals surface area contributed by atoms with Gasteiger partial charge in [0.25, 0.3) is 5.91 Å². The van der Waals surface area contributed by atoms with Crippen LogP contribution in [0.25, 0.3) is 0 Å². The second-order valence-corrected chi connectivity index (χ2v) is 2.77. The monoisotopic (exact) mass is 188 g/mol. The Morgan fingerprint density at radius 1 is 1.58 bits per heavy atom. The van der Waals surface area contributed by atoms with Crippen LogP contribution in [0.1, 0.15) is 13.8 Å². The van der Waals surface area contributed by atoms with E-state index in [9.17, 15) is 4.79 Å². The second-order valence-electron chi connectivity index (χ2n) is 2.77. The molecule has 1 unspecified atom stereocenters. The smallest absolute Gasteiger partial charge is 0.254 e. The SMILES string of the molecule is CC1=CC(C)=NC(=O)C1CN.Cl. The van der Waals surface area contributed by atoms with Gasteiger partial charge < -0.3 is 5.73 Å². The number of rotatable bonds is 1. The zero-order valence-electron chi connectivity index (χ0n) is 7.20. The molecule has 0 spiro atoms. The van der Waals surface area contributed by atoms with E-state index >= 15 is 0 Å². The molecule has 4 heteroatoms. The average Bonchev–Trinajstić information content (AvgIpc) is 1.85. The molecule has 1 amide bonds. The van der Waals surface area contributed by atoms with Crippen LogP contribution in [0.5, 0.6) is 0 Å². The Kier molecular flexibility index (Phi) is 4.13. The molecule has 1 rings (SSSR count). The third kappa shape index (κ3) is 2.16. The number of aliphatic imine (C=N–C) groups is 1. The molecule has 68 valence electrons. The predicted molar refractivity (Wildman–Crippen MR) is 51.7 cm³/mol. The van der Waals surface area contributed by atoms with Crippen molar-refractivity contribution in [2.45, 2.75) is 13.8 Å². The summed E-state index contributed by atoms with van der Waals surface area (Å²) in [5.41, 5.74) is 7.19. The number of nitrogens with zero attached hydrogens (tertiary/aromatic N) is 1. The first-order valence-corrected chi connectivity index (χ1v) is 3.62. The first-order valence-electron chi connectivity index (χ1n) is 3.62. The van der Waals surface area contributed by atoms with Gasteiger partial charge in [-0.2, -0.15) is 0 Å². The summed E-state index contributed by atoms with van der Waals surface area (Å²) in [5.74, 6) is -0.288. The molecule has 3 nitrogen and oxygen atoms in total. The van der Waals surface area contributed by atoms with Crippen molar-refractivity contribution in [3.8, 4) is 0 Å². The van der Waals surface area contributed by atoms with Crippen LogP contribution in [-0.2, 0) is 4.79 Å². The van der Waals surface area contributed by atoms with Crippen molar-refractivity contribution in [3.05, 3.63) is 11.6 Å². The van der Waals surface area contributed by atoms with E-state index in [0.717, 1.165) is 11.3 Å². The Labute approximate surface area is 78.1 Å². The number of nitrogens with two attached hydrogens (primary N) is 1. The van der Waals surface area contributed by atoms with Gasteiger partial charge in [-0.15, -0.1) is 12.4 Å². The van der Waals surface area contributed by atoms with E-state index in [1.807, 2.05) is 19.9 Å². The Bertz CT molecular complexity index is 245. The zero-order chi connectivity index (χ0) is 8.43. The standard InChI is InChI=1S/C8H12N2O.ClH/c1-5-3-6(2)10-8(11)7(5)4-9;/h3,7H,4,9H2,1-2H3;1H. The molecule has 1 heterocycles. The Morgan fingerprint density at radius 2 is 2.17 bits per heavy atom. The largest absolute Gasteiger partial charge is 0.329 e. The molecule has 0 radical (unpaired) electrons. The number of halogens is 1.